The molecule has 0 radical (unpaired) electrons. The Morgan fingerprint density at radius 1 is 1.35 bits per heavy atom. The van der Waals surface area contributed by atoms with Crippen molar-refractivity contribution in [2.24, 2.45) is 0 Å². The Kier molecular flexibility index (Phi) is 5.25. The van der Waals surface area contributed by atoms with E-state index in [1.807, 2.05) is 30.3 Å². The lowest BCUT2D eigenvalue weighted by Crippen LogP contribution is -2.58. The second-order valence-electron chi connectivity index (χ2n) is 6.09. The van der Waals surface area contributed by atoms with Crippen LogP contribution >= 0.6 is 0 Å². The SMILES string of the molecule is O=C(NC1CCCNC1)[C@H]1COCC(=O)N1Cc1ccccc1. The molecule has 0 saturated carbocycles. The van der Waals surface area contributed by atoms with E-state index in [1.165, 1.54) is 0 Å². The number of ether oxygens (including phenoxy) is 1. The van der Waals surface area contributed by atoms with Crippen molar-refractivity contribution < 1.29 is 14.3 Å². The maximum atomic E-state index is 12.6. The smallest absolute Gasteiger partial charge is 0.249 e. The highest BCUT2D eigenvalue weighted by Gasteiger charge is 2.34. The van der Waals surface area contributed by atoms with E-state index in [4.69, 9.17) is 4.74 Å². The first-order chi connectivity index (χ1) is 11.2. The zero-order valence-corrected chi connectivity index (χ0v) is 13.2. The zero-order valence-electron chi connectivity index (χ0n) is 13.2. The Hall–Kier alpha value is -1.92. The quantitative estimate of drug-likeness (QED) is 0.837. The highest BCUT2D eigenvalue weighted by atomic mass is 16.5. The van der Waals surface area contributed by atoms with Crippen LogP contribution in [0.2, 0.25) is 0 Å². The number of morpholine rings is 1. The first-order valence-electron chi connectivity index (χ1n) is 8.16. The standard InChI is InChI=1S/C17H23N3O3/c21-16-12-23-11-15(17(22)19-14-7-4-8-18-9-14)20(16)10-13-5-2-1-3-6-13/h1-3,5-6,14-15,18H,4,7-12H2,(H,19,22)/t14?,15-/m1/s1. The van der Waals surface area contributed by atoms with Gasteiger partial charge in [0.2, 0.25) is 11.8 Å². The van der Waals surface area contributed by atoms with Crippen molar-refractivity contribution in [3.8, 4) is 0 Å². The number of nitrogens with one attached hydrogen (secondary N) is 2. The third-order valence-electron chi connectivity index (χ3n) is 4.34. The van der Waals surface area contributed by atoms with Crippen LogP contribution in [-0.2, 0) is 20.9 Å². The minimum absolute atomic E-state index is 0.0433. The molecule has 1 unspecified atom stereocenters. The van der Waals surface area contributed by atoms with Gasteiger partial charge in [-0.05, 0) is 24.9 Å². The number of nitrogens with zero attached hydrogens (tertiary/aromatic N) is 1. The molecule has 2 fully saturated rings. The summed E-state index contributed by atoms with van der Waals surface area (Å²) in [5, 5.41) is 6.33. The summed E-state index contributed by atoms with van der Waals surface area (Å²) in [7, 11) is 0. The third kappa shape index (κ3) is 4.09. The Morgan fingerprint density at radius 3 is 2.91 bits per heavy atom. The molecule has 0 spiro atoms. The molecule has 0 bridgehead atoms. The second kappa shape index (κ2) is 7.57. The van der Waals surface area contributed by atoms with E-state index < -0.39 is 6.04 Å². The van der Waals surface area contributed by atoms with Gasteiger partial charge in [-0.3, -0.25) is 9.59 Å². The summed E-state index contributed by atoms with van der Waals surface area (Å²) >= 11 is 0. The summed E-state index contributed by atoms with van der Waals surface area (Å²) in [6, 6.07) is 9.30. The van der Waals surface area contributed by atoms with Crippen LogP contribution in [-0.4, -0.2) is 55.1 Å². The summed E-state index contributed by atoms with van der Waals surface area (Å²) in [5.41, 5.74) is 1.01. The van der Waals surface area contributed by atoms with Gasteiger partial charge in [0.05, 0.1) is 6.61 Å². The maximum Gasteiger partial charge on any atom is 0.249 e. The van der Waals surface area contributed by atoms with Crippen LogP contribution in [0.5, 0.6) is 0 Å². The van der Waals surface area contributed by atoms with E-state index in [1.54, 1.807) is 4.90 Å². The van der Waals surface area contributed by atoms with E-state index in [2.05, 4.69) is 10.6 Å². The molecule has 2 amide bonds. The van der Waals surface area contributed by atoms with Gasteiger partial charge in [0, 0.05) is 19.1 Å². The van der Waals surface area contributed by atoms with Gasteiger partial charge in [0.15, 0.2) is 0 Å². The lowest BCUT2D eigenvalue weighted by Gasteiger charge is -2.36. The van der Waals surface area contributed by atoms with E-state index >= 15 is 0 Å². The Balaban J connectivity index is 1.67. The zero-order chi connectivity index (χ0) is 16.1. The van der Waals surface area contributed by atoms with Crippen molar-refractivity contribution in [3.05, 3.63) is 35.9 Å². The number of carbonyl (C=O) groups is 2. The molecule has 2 saturated heterocycles. The van der Waals surface area contributed by atoms with Gasteiger partial charge in [-0.15, -0.1) is 0 Å². The molecule has 23 heavy (non-hydrogen) atoms. The number of benzene rings is 1. The monoisotopic (exact) mass is 317 g/mol. The van der Waals surface area contributed by atoms with Crippen LogP contribution in [0.3, 0.4) is 0 Å². The molecule has 6 nitrogen and oxygen atoms in total. The van der Waals surface area contributed by atoms with Crippen molar-refractivity contribution in [1.29, 1.82) is 0 Å². The Bertz CT molecular complexity index is 543. The van der Waals surface area contributed by atoms with Crippen LogP contribution in [0.15, 0.2) is 30.3 Å². The van der Waals surface area contributed by atoms with E-state index in [-0.39, 0.29) is 31.1 Å². The summed E-state index contributed by atoms with van der Waals surface area (Å²) in [6.07, 6.45) is 2.03. The average Bonchev–Trinajstić information content (AvgIpc) is 2.58. The first-order valence-corrected chi connectivity index (χ1v) is 8.16. The summed E-state index contributed by atoms with van der Waals surface area (Å²) < 4.78 is 5.30. The predicted molar refractivity (Wildman–Crippen MR) is 85.6 cm³/mol. The molecule has 0 aromatic heterocycles. The molecular formula is C17H23N3O3. The number of rotatable bonds is 4. The lowest BCUT2D eigenvalue weighted by atomic mass is 10.1. The van der Waals surface area contributed by atoms with Gasteiger partial charge in [-0.1, -0.05) is 30.3 Å². The van der Waals surface area contributed by atoms with Gasteiger partial charge >= 0.3 is 0 Å². The maximum absolute atomic E-state index is 12.6. The van der Waals surface area contributed by atoms with Crippen LogP contribution in [0.25, 0.3) is 0 Å². The van der Waals surface area contributed by atoms with E-state index in [9.17, 15) is 9.59 Å². The van der Waals surface area contributed by atoms with E-state index in [0.29, 0.717) is 6.54 Å². The molecule has 3 rings (SSSR count). The van der Waals surface area contributed by atoms with Crippen molar-refractivity contribution in [2.45, 2.75) is 31.5 Å². The number of amides is 2. The molecule has 2 aliphatic heterocycles. The van der Waals surface area contributed by atoms with Crippen molar-refractivity contribution in [2.75, 3.05) is 26.3 Å². The molecule has 124 valence electrons. The van der Waals surface area contributed by atoms with Gasteiger partial charge in [0.1, 0.15) is 12.6 Å². The minimum Gasteiger partial charge on any atom is -0.369 e. The topological polar surface area (TPSA) is 70.7 Å². The first kappa shape index (κ1) is 16.0. The number of hydrogen-bond acceptors (Lipinski definition) is 4. The fourth-order valence-corrected chi connectivity index (χ4v) is 3.07. The molecule has 2 atom stereocenters. The second-order valence-corrected chi connectivity index (χ2v) is 6.09. The normalized spacial score (nSPS) is 25.2. The summed E-state index contributed by atoms with van der Waals surface area (Å²) in [4.78, 5) is 26.4. The minimum atomic E-state index is -0.557. The van der Waals surface area contributed by atoms with Gasteiger partial charge in [-0.25, -0.2) is 0 Å². The van der Waals surface area contributed by atoms with Gasteiger partial charge in [-0.2, -0.15) is 0 Å². The molecule has 6 heteroatoms. The van der Waals surface area contributed by atoms with Gasteiger partial charge < -0.3 is 20.3 Å². The summed E-state index contributed by atoms with van der Waals surface area (Å²) in [6.45, 7) is 2.51. The molecule has 0 aliphatic carbocycles. The van der Waals surface area contributed by atoms with Crippen molar-refractivity contribution >= 4 is 11.8 Å². The van der Waals surface area contributed by atoms with Crippen LogP contribution in [0, 0.1) is 0 Å². The largest absolute Gasteiger partial charge is 0.369 e. The van der Waals surface area contributed by atoms with Crippen molar-refractivity contribution in [1.82, 2.24) is 15.5 Å². The van der Waals surface area contributed by atoms with Crippen molar-refractivity contribution in [3.63, 3.8) is 0 Å². The highest BCUT2D eigenvalue weighted by molar-refractivity contribution is 5.89. The molecule has 2 N–H and O–H groups in total. The number of carbonyl (C=O) groups excluding carboxylic acids is 2. The van der Waals surface area contributed by atoms with Crippen LogP contribution < -0.4 is 10.6 Å². The molecular weight excluding hydrogens is 294 g/mol. The fraction of sp³-hybridized carbons (Fsp3) is 0.529. The Labute approximate surface area is 136 Å². The van der Waals surface area contributed by atoms with Gasteiger partial charge in [0.25, 0.3) is 0 Å². The molecule has 2 aliphatic rings. The molecule has 2 heterocycles. The van der Waals surface area contributed by atoms with Crippen LogP contribution in [0.4, 0.5) is 0 Å². The fourth-order valence-electron chi connectivity index (χ4n) is 3.07. The lowest BCUT2D eigenvalue weighted by molar-refractivity contribution is -0.156. The molecule has 1 aromatic rings. The highest BCUT2D eigenvalue weighted by Crippen LogP contribution is 2.14. The third-order valence-corrected chi connectivity index (χ3v) is 4.34. The molecule has 1 aromatic carbocycles. The van der Waals surface area contributed by atoms with E-state index in [0.717, 1.165) is 31.5 Å². The van der Waals surface area contributed by atoms with Crippen LogP contribution in [0.1, 0.15) is 18.4 Å². The Morgan fingerprint density at radius 2 is 2.17 bits per heavy atom. The number of hydrogen-bond donors (Lipinski definition) is 2. The average molecular weight is 317 g/mol. The predicted octanol–water partition coefficient (Wildman–Crippen LogP) is 0.282. The summed E-state index contributed by atoms with van der Waals surface area (Å²) in [5.74, 6) is -0.260. The number of piperidine rings is 1.